The molecule has 0 aromatic heterocycles. The van der Waals surface area contributed by atoms with Crippen LogP contribution >= 0.6 is 0 Å². The van der Waals surface area contributed by atoms with E-state index in [-0.39, 0.29) is 5.41 Å². The molecule has 0 unspecified atom stereocenters. The Hall–Kier alpha value is -1.15. The van der Waals surface area contributed by atoms with Crippen LogP contribution in [0.5, 0.6) is 0 Å². The largest absolute Gasteiger partial charge is 0.304 e. The maximum absolute atomic E-state index is 12.6. The Balaban J connectivity index is 2.37. The van der Waals surface area contributed by atoms with Gasteiger partial charge < -0.3 is 4.90 Å². The summed E-state index contributed by atoms with van der Waals surface area (Å²) in [6, 6.07) is 8.42. The van der Waals surface area contributed by atoms with Crippen molar-refractivity contribution in [3.05, 3.63) is 35.4 Å². The molecule has 0 radical (unpaired) electrons. The monoisotopic (exact) mass is 259 g/mol. The SMILES string of the molecule is CCC(=O)C1(c2ccccc2C)CCN(CC)CC1. The van der Waals surface area contributed by atoms with E-state index in [0.29, 0.717) is 12.2 Å². The van der Waals surface area contributed by atoms with Gasteiger partial charge in [-0.1, -0.05) is 38.1 Å². The molecule has 1 aliphatic heterocycles. The average molecular weight is 259 g/mol. The third kappa shape index (κ3) is 2.59. The van der Waals surface area contributed by atoms with Crippen molar-refractivity contribution in [1.29, 1.82) is 0 Å². The lowest BCUT2D eigenvalue weighted by atomic mass is 9.68. The first kappa shape index (κ1) is 14.3. The van der Waals surface area contributed by atoms with Gasteiger partial charge in [-0.3, -0.25) is 4.79 Å². The molecule has 2 heteroatoms. The maximum atomic E-state index is 12.6. The van der Waals surface area contributed by atoms with Gasteiger partial charge in [-0.15, -0.1) is 0 Å². The molecule has 0 bridgehead atoms. The normalized spacial score (nSPS) is 19.3. The van der Waals surface area contributed by atoms with Gasteiger partial charge in [0.2, 0.25) is 0 Å². The Morgan fingerprint density at radius 3 is 2.37 bits per heavy atom. The zero-order valence-corrected chi connectivity index (χ0v) is 12.4. The van der Waals surface area contributed by atoms with Crippen molar-refractivity contribution in [1.82, 2.24) is 4.90 Å². The molecular formula is C17H25NO. The highest BCUT2D eigenvalue weighted by molar-refractivity contribution is 5.90. The van der Waals surface area contributed by atoms with Crippen LogP contribution in [0.2, 0.25) is 0 Å². The van der Waals surface area contributed by atoms with E-state index in [2.05, 4.69) is 43.0 Å². The highest BCUT2D eigenvalue weighted by Crippen LogP contribution is 2.38. The Morgan fingerprint density at radius 1 is 1.21 bits per heavy atom. The van der Waals surface area contributed by atoms with Gasteiger partial charge in [-0.05, 0) is 50.5 Å². The maximum Gasteiger partial charge on any atom is 0.143 e. The van der Waals surface area contributed by atoms with Gasteiger partial charge in [0, 0.05) is 6.42 Å². The van der Waals surface area contributed by atoms with E-state index in [0.717, 1.165) is 32.5 Å². The molecule has 2 rings (SSSR count). The fourth-order valence-electron chi connectivity index (χ4n) is 3.40. The molecule has 1 heterocycles. The number of benzene rings is 1. The van der Waals surface area contributed by atoms with Gasteiger partial charge >= 0.3 is 0 Å². The number of piperidine rings is 1. The van der Waals surface area contributed by atoms with Crippen LogP contribution in [0.3, 0.4) is 0 Å². The lowest BCUT2D eigenvalue weighted by Crippen LogP contribution is -2.47. The van der Waals surface area contributed by atoms with Crippen LogP contribution in [0.15, 0.2) is 24.3 Å². The fourth-order valence-corrected chi connectivity index (χ4v) is 3.40. The molecule has 19 heavy (non-hydrogen) atoms. The second-order valence-corrected chi connectivity index (χ2v) is 5.61. The number of hydrogen-bond donors (Lipinski definition) is 0. The first-order valence-corrected chi connectivity index (χ1v) is 7.46. The smallest absolute Gasteiger partial charge is 0.143 e. The van der Waals surface area contributed by atoms with Gasteiger partial charge in [0.05, 0.1) is 5.41 Å². The number of likely N-dealkylation sites (tertiary alicyclic amines) is 1. The van der Waals surface area contributed by atoms with E-state index in [9.17, 15) is 4.79 Å². The minimum Gasteiger partial charge on any atom is -0.304 e. The number of rotatable bonds is 4. The molecule has 1 saturated heterocycles. The third-order valence-electron chi connectivity index (χ3n) is 4.67. The van der Waals surface area contributed by atoms with Gasteiger partial charge in [0.15, 0.2) is 0 Å². The summed E-state index contributed by atoms with van der Waals surface area (Å²) in [5.74, 6) is 0.414. The number of ketones is 1. The highest BCUT2D eigenvalue weighted by atomic mass is 16.1. The molecular weight excluding hydrogens is 234 g/mol. The Labute approximate surface area is 116 Å². The zero-order valence-electron chi connectivity index (χ0n) is 12.4. The quantitative estimate of drug-likeness (QED) is 0.826. The molecule has 0 spiro atoms. The fraction of sp³-hybridized carbons (Fsp3) is 0.588. The standard InChI is InChI=1S/C17H25NO/c1-4-16(19)17(10-12-18(5-2)13-11-17)15-9-7-6-8-14(15)3/h6-9H,4-5,10-13H2,1-3H3. The molecule has 104 valence electrons. The first-order chi connectivity index (χ1) is 9.14. The summed E-state index contributed by atoms with van der Waals surface area (Å²) in [6.07, 6.45) is 2.58. The van der Waals surface area contributed by atoms with E-state index < -0.39 is 0 Å². The van der Waals surface area contributed by atoms with E-state index in [1.165, 1.54) is 11.1 Å². The van der Waals surface area contributed by atoms with E-state index in [1.54, 1.807) is 0 Å². The average Bonchev–Trinajstić information content (AvgIpc) is 2.47. The lowest BCUT2D eigenvalue weighted by Gasteiger charge is -2.41. The number of carbonyl (C=O) groups excluding carboxylic acids is 1. The van der Waals surface area contributed by atoms with Crippen molar-refractivity contribution in [3.63, 3.8) is 0 Å². The van der Waals surface area contributed by atoms with Gasteiger partial charge in [0.1, 0.15) is 5.78 Å². The summed E-state index contributed by atoms with van der Waals surface area (Å²) in [5.41, 5.74) is 2.29. The van der Waals surface area contributed by atoms with Crippen LogP contribution in [0.25, 0.3) is 0 Å². The summed E-state index contributed by atoms with van der Waals surface area (Å²) in [5, 5.41) is 0. The Bertz CT molecular complexity index is 444. The topological polar surface area (TPSA) is 20.3 Å². The van der Waals surface area contributed by atoms with Crippen molar-refractivity contribution in [2.24, 2.45) is 0 Å². The molecule has 1 aromatic rings. The highest BCUT2D eigenvalue weighted by Gasteiger charge is 2.41. The van der Waals surface area contributed by atoms with Crippen LogP contribution in [0.1, 0.15) is 44.2 Å². The van der Waals surface area contributed by atoms with Crippen molar-refractivity contribution >= 4 is 5.78 Å². The Morgan fingerprint density at radius 2 is 1.84 bits per heavy atom. The van der Waals surface area contributed by atoms with Crippen LogP contribution in [0, 0.1) is 6.92 Å². The van der Waals surface area contributed by atoms with E-state index >= 15 is 0 Å². The molecule has 0 amide bonds. The number of hydrogen-bond acceptors (Lipinski definition) is 2. The van der Waals surface area contributed by atoms with Crippen LogP contribution in [0.4, 0.5) is 0 Å². The van der Waals surface area contributed by atoms with E-state index in [1.807, 2.05) is 6.92 Å². The number of aryl methyl sites for hydroxylation is 1. The molecule has 2 nitrogen and oxygen atoms in total. The summed E-state index contributed by atoms with van der Waals surface area (Å²) < 4.78 is 0. The van der Waals surface area contributed by atoms with Crippen LogP contribution < -0.4 is 0 Å². The predicted octanol–water partition coefficient (Wildman–Crippen LogP) is 3.33. The van der Waals surface area contributed by atoms with Crippen molar-refractivity contribution < 1.29 is 4.79 Å². The van der Waals surface area contributed by atoms with Gasteiger partial charge in [-0.2, -0.15) is 0 Å². The summed E-state index contributed by atoms with van der Waals surface area (Å²) >= 11 is 0. The van der Waals surface area contributed by atoms with Crippen molar-refractivity contribution in [3.8, 4) is 0 Å². The zero-order chi connectivity index (χ0) is 13.9. The number of carbonyl (C=O) groups is 1. The minimum atomic E-state index is -0.230. The van der Waals surface area contributed by atoms with Crippen LogP contribution in [-0.4, -0.2) is 30.3 Å². The third-order valence-corrected chi connectivity index (χ3v) is 4.67. The van der Waals surface area contributed by atoms with Crippen molar-refractivity contribution in [2.45, 2.75) is 45.4 Å². The summed E-state index contributed by atoms with van der Waals surface area (Å²) in [7, 11) is 0. The summed E-state index contributed by atoms with van der Waals surface area (Å²) in [4.78, 5) is 15.1. The minimum absolute atomic E-state index is 0.230. The molecule has 1 fully saturated rings. The number of nitrogens with zero attached hydrogens (tertiary/aromatic N) is 1. The molecule has 0 N–H and O–H groups in total. The molecule has 1 aliphatic rings. The van der Waals surface area contributed by atoms with Gasteiger partial charge in [0.25, 0.3) is 0 Å². The van der Waals surface area contributed by atoms with Gasteiger partial charge in [-0.25, -0.2) is 0 Å². The Kier molecular flexibility index (Phi) is 4.41. The lowest BCUT2D eigenvalue weighted by molar-refractivity contribution is -0.126. The predicted molar refractivity (Wildman–Crippen MR) is 79.5 cm³/mol. The molecule has 0 atom stereocenters. The molecule has 0 saturated carbocycles. The molecule has 1 aromatic carbocycles. The second-order valence-electron chi connectivity index (χ2n) is 5.61. The van der Waals surface area contributed by atoms with Crippen LogP contribution in [-0.2, 0) is 10.2 Å². The first-order valence-electron chi connectivity index (χ1n) is 7.46. The number of Topliss-reactive ketones (excluding diaryl/α,β-unsaturated/α-hetero) is 1. The van der Waals surface area contributed by atoms with Crippen molar-refractivity contribution in [2.75, 3.05) is 19.6 Å². The second kappa shape index (κ2) is 5.87. The van der Waals surface area contributed by atoms with E-state index in [4.69, 9.17) is 0 Å². The molecule has 0 aliphatic carbocycles. The summed E-state index contributed by atoms with van der Waals surface area (Å²) in [6.45, 7) is 9.49.